The maximum atomic E-state index is 10.4. The quantitative estimate of drug-likeness (QED) is 0.227. The van der Waals surface area contributed by atoms with Crippen LogP contribution in [0.1, 0.15) is 83.5 Å². The Morgan fingerprint density at radius 2 is 1.43 bits per heavy atom. The summed E-state index contributed by atoms with van der Waals surface area (Å²) >= 11 is 0. The summed E-state index contributed by atoms with van der Waals surface area (Å²) in [6, 6.07) is 0. The van der Waals surface area contributed by atoms with Gasteiger partial charge >= 0.3 is 5.97 Å². The first-order valence-corrected chi connectivity index (χ1v) is 9.42. The highest BCUT2D eigenvalue weighted by molar-refractivity contribution is 5.66. The summed E-state index contributed by atoms with van der Waals surface area (Å²) in [4.78, 5) is 10.4. The molecule has 0 radical (unpaired) electrons. The third-order valence-electron chi connectivity index (χ3n) is 4.17. The van der Waals surface area contributed by atoms with Crippen LogP contribution < -0.4 is 0 Å². The third-order valence-corrected chi connectivity index (χ3v) is 4.17. The number of hydrogen-bond acceptors (Lipinski definition) is 2. The number of allylic oxidation sites excluding steroid dienone is 4. The predicted octanol–water partition coefficient (Wildman–Crippen LogP) is 5.65. The number of rotatable bonds is 16. The van der Waals surface area contributed by atoms with E-state index in [1.165, 1.54) is 44.9 Å². The van der Waals surface area contributed by atoms with Crippen molar-refractivity contribution in [3.8, 4) is 0 Å². The first kappa shape index (κ1) is 20.0. The van der Waals surface area contributed by atoms with Gasteiger partial charge in [-0.1, -0.05) is 56.4 Å². The Kier molecular flexibility index (Phi) is 12.6. The fraction of sp³-hybridized carbons (Fsp3) is 0.750. The molecular weight excluding hydrogens is 288 g/mol. The van der Waals surface area contributed by atoms with Crippen LogP contribution in [0.5, 0.6) is 0 Å². The predicted molar refractivity (Wildman–Crippen MR) is 95.7 cm³/mol. The summed E-state index contributed by atoms with van der Waals surface area (Å²) in [6.45, 7) is 0.997. The van der Waals surface area contributed by atoms with Crippen molar-refractivity contribution in [3.05, 3.63) is 24.3 Å². The van der Waals surface area contributed by atoms with E-state index in [2.05, 4.69) is 24.3 Å². The van der Waals surface area contributed by atoms with E-state index in [0.29, 0.717) is 12.5 Å². The molecule has 0 spiro atoms. The molecule has 0 aromatic carbocycles. The second-order valence-electron chi connectivity index (χ2n) is 6.47. The summed E-state index contributed by atoms with van der Waals surface area (Å²) in [6.07, 6.45) is 24.1. The Bertz CT molecular complexity index is 343. The third kappa shape index (κ3) is 15.6. The van der Waals surface area contributed by atoms with Crippen molar-refractivity contribution < 1.29 is 14.6 Å². The van der Waals surface area contributed by atoms with E-state index in [0.717, 1.165) is 38.7 Å². The minimum Gasteiger partial charge on any atom is -0.481 e. The van der Waals surface area contributed by atoms with Crippen molar-refractivity contribution in [2.45, 2.75) is 89.6 Å². The Hall–Kier alpha value is -1.09. The average Bonchev–Trinajstić information content (AvgIpc) is 3.34. The van der Waals surface area contributed by atoms with E-state index < -0.39 is 5.97 Å². The zero-order valence-corrected chi connectivity index (χ0v) is 14.5. The monoisotopic (exact) mass is 322 g/mol. The number of carbonyl (C=O) groups is 1. The van der Waals surface area contributed by atoms with Gasteiger partial charge in [-0.2, -0.15) is 0 Å². The number of ether oxygens (including phenoxy) is 1. The van der Waals surface area contributed by atoms with E-state index in [4.69, 9.17) is 9.84 Å². The first-order chi connectivity index (χ1) is 11.3. The minimum absolute atomic E-state index is 0.321. The standard InChI is InChI=1S/C20H34O3/c21-20(22)17-15-13-11-9-7-5-3-1-2-4-6-8-10-12-14-16-19-18-23-19/h1,3-4,6,19H,2,5,7-18H2,(H,21,22). The molecule has 0 aromatic heterocycles. The highest BCUT2D eigenvalue weighted by atomic mass is 16.6. The Balaban J connectivity index is 1.73. The van der Waals surface area contributed by atoms with Gasteiger partial charge in [-0.15, -0.1) is 0 Å². The van der Waals surface area contributed by atoms with E-state index in [1.54, 1.807) is 0 Å². The van der Waals surface area contributed by atoms with Crippen LogP contribution in [0.4, 0.5) is 0 Å². The van der Waals surface area contributed by atoms with Crippen molar-refractivity contribution in [1.29, 1.82) is 0 Å². The lowest BCUT2D eigenvalue weighted by atomic mass is 10.1. The second-order valence-corrected chi connectivity index (χ2v) is 6.47. The maximum absolute atomic E-state index is 10.4. The van der Waals surface area contributed by atoms with Gasteiger partial charge < -0.3 is 9.84 Å². The molecule has 0 bridgehead atoms. The van der Waals surface area contributed by atoms with Gasteiger partial charge in [0.1, 0.15) is 0 Å². The van der Waals surface area contributed by atoms with Crippen molar-refractivity contribution in [1.82, 2.24) is 0 Å². The van der Waals surface area contributed by atoms with Crippen LogP contribution in [-0.4, -0.2) is 23.8 Å². The highest BCUT2D eigenvalue weighted by Gasteiger charge is 2.20. The van der Waals surface area contributed by atoms with Gasteiger partial charge in [-0.25, -0.2) is 0 Å². The summed E-state index contributed by atoms with van der Waals surface area (Å²) < 4.78 is 5.20. The van der Waals surface area contributed by atoms with Crippen molar-refractivity contribution >= 4 is 5.97 Å². The zero-order valence-electron chi connectivity index (χ0n) is 14.5. The number of hydrogen-bond donors (Lipinski definition) is 1. The maximum Gasteiger partial charge on any atom is 0.303 e. The lowest BCUT2D eigenvalue weighted by molar-refractivity contribution is -0.137. The summed E-state index contributed by atoms with van der Waals surface area (Å²) in [5.74, 6) is -0.672. The van der Waals surface area contributed by atoms with Crippen LogP contribution in [0, 0.1) is 0 Å². The summed E-state index contributed by atoms with van der Waals surface area (Å²) in [7, 11) is 0. The molecule has 1 unspecified atom stereocenters. The number of aliphatic carboxylic acids is 1. The van der Waals surface area contributed by atoms with Crippen LogP contribution in [0.2, 0.25) is 0 Å². The van der Waals surface area contributed by atoms with Crippen LogP contribution in [-0.2, 0) is 9.53 Å². The Morgan fingerprint density at radius 1 is 0.870 bits per heavy atom. The molecule has 132 valence electrons. The molecule has 1 fully saturated rings. The van der Waals surface area contributed by atoms with Gasteiger partial charge in [-0.05, 0) is 44.9 Å². The molecule has 3 nitrogen and oxygen atoms in total. The lowest BCUT2D eigenvalue weighted by Gasteiger charge is -1.98. The smallest absolute Gasteiger partial charge is 0.303 e. The Morgan fingerprint density at radius 3 is 2.04 bits per heavy atom. The van der Waals surface area contributed by atoms with Crippen LogP contribution in [0.15, 0.2) is 24.3 Å². The van der Waals surface area contributed by atoms with E-state index >= 15 is 0 Å². The molecule has 1 saturated heterocycles. The number of carboxylic acids is 1. The van der Waals surface area contributed by atoms with Crippen molar-refractivity contribution in [3.63, 3.8) is 0 Å². The zero-order chi connectivity index (χ0) is 16.6. The molecule has 1 aliphatic rings. The number of epoxide rings is 1. The van der Waals surface area contributed by atoms with Gasteiger partial charge in [0.25, 0.3) is 0 Å². The molecule has 1 N–H and O–H groups in total. The fourth-order valence-corrected chi connectivity index (χ4v) is 2.62. The van der Waals surface area contributed by atoms with Crippen LogP contribution in [0.3, 0.4) is 0 Å². The number of carboxylic acid groups (broad SMARTS) is 1. The van der Waals surface area contributed by atoms with E-state index in [-0.39, 0.29) is 0 Å². The highest BCUT2D eigenvalue weighted by Crippen LogP contribution is 2.17. The number of unbranched alkanes of at least 4 members (excludes halogenated alkanes) is 8. The molecule has 0 aromatic rings. The average molecular weight is 322 g/mol. The second kappa shape index (κ2) is 14.5. The molecule has 1 atom stereocenters. The van der Waals surface area contributed by atoms with Crippen LogP contribution >= 0.6 is 0 Å². The summed E-state index contributed by atoms with van der Waals surface area (Å²) in [5.41, 5.74) is 0. The minimum atomic E-state index is -0.672. The SMILES string of the molecule is O=C(O)CCCCCCCC=CCC=CCCCCCC1CO1. The van der Waals surface area contributed by atoms with Gasteiger partial charge in [0.05, 0.1) is 12.7 Å². The molecule has 1 aliphatic heterocycles. The fourth-order valence-electron chi connectivity index (χ4n) is 2.62. The molecular formula is C20H34O3. The molecule has 1 heterocycles. The molecule has 0 aliphatic carbocycles. The normalized spacial score (nSPS) is 17.3. The van der Waals surface area contributed by atoms with Gasteiger partial charge in [0.15, 0.2) is 0 Å². The summed E-state index contributed by atoms with van der Waals surface area (Å²) in [5, 5.41) is 8.53. The molecule has 1 rings (SSSR count). The van der Waals surface area contributed by atoms with Crippen LogP contribution in [0.25, 0.3) is 0 Å². The van der Waals surface area contributed by atoms with Crippen molar-refractivity contribution in [2.75, 3.05) is 6.61 Å². The largest absolute Gasteiger partial charge is 0.481 e. The van der Waals surface area contributed by atoms with E-state index in [1.807, 2.05) is 0 Å². The topological polar surface area (TPSA) is 49.8 Å². The van der Waals surface area contributed by atoms with Gasteiger partial charge in [0, 0.05) is 6.42 Å². The first-order valence-electron chi connectivity index (χ1n) is 9.42. The Labute approximate surface area is 141 Å². The van der Waals surface area contributed by atoms with Gasteiger partial charge in [-0.3, -0.25) is 4.79 Å². The molecule has 0 amide bonds. The molecule has 0 saturated carbocycles. The lowest BCUT2D eigenvalue weighted by Crippen LogP contribution is -1.93. The van der Waals surface area contributed by atoms with Crippen molar-refractivity contribution in [2.24, 2.45) is 0 Å². The molecule has 3 heteroatoms. The van der Waals surface area contributed by atoms with E-state index in [9.17, 15) is 4.79 Å². The van der Waals surface area contributed by atoms with Gasteiger partial charge in [0.2, 0.25) is 0 Å². The molecule has 23 heavy (non-hydrogen) atoms.